The first-order valence-electron chi connectivity index (χ1n) is 7.34. The van der Waals surface area contributed by atoms with Crippen molar-refractivity contribution in [3.8, 4) is 0 Å². The average molecular weight is 289 g/mol. The topological polar surface area (TPSA) is 74.2 Å². The van der Waals surface area contributed by atoms with Crippen molar-refractivity contribution in [2.24, 2.45) is 5.73 Å². The minimum absolute atomic E-state index is 0.308. The molecule has 0 saturated heterocycles. The molecule has 0 saturated carbocycles. The van der Waals surface area contributed by atoms with E-state index in [1.54, 1.807) is 7.11 Å². The second kappa shape index (κ2) is 6.83. The number of aromatic nitrogens is 2. The minimum atomic E-state index is -0.492. The third kappa shape index (κ3) is 3.31. The summed E-state index contributed by atoms with van der Waals surface area (Å²) in [6.45, 7) is 4.10. The molecule has 5 nitrogen and oxygen atoms in total. The number of hydrogen-bond donors (Lipinski definition) is 1. The molecule has 1 aromatic heterocycles. The quantitative estimate of drug-likeness (QED) is 0.848. The van der Waals surface area contributed by atoms with Gasteiger partial charge in [-0.3, -0.25) is 0 Å². The summed E-state index contributed by atoms with van der Waals surface area (Å²) in [6.07, 6.45) is 2.24. The van der Waals surface area contributed by atoms with Crippen molar-refractivity contribution in [2.75, 3.05) is 7.11 Å². The first kappa shape index (κ1) is 15.7. The summed E-state index contributed by atoms with van der Waals surface area (Å²) < 4.78 is 11.0. The molecule has 1 atom stereocenters. The van der Waals surface area contributed by atoms with E-state index in [4.69, 9.17) is 15.0 Å². The van der Waals surface area contributed by atoms with E-state index in [9.17, 15) is 0 Å². The van der Waals surface area contributed by atoms with Crippen molar-refractivity contribution in [3.63, 3.8) is 0 Å². The zero-order valence-corrected chi connectivity index (χ0v) is 12.9. The Morgan fingerprint density at radius 2 is 1.90 bits per heavy atom. The number of methoxy groups -OCH3 is 1. The Morgan fingerprint density at radius 1 is 1.24 bits per heavy atom. The van der Waals surface area contributed by atoms with E-state index in [-0.39, 0.29) is 6.04 Å². The van der Waals surface area contributed by atoms with Gasteiger partial charge in [-0.05, 0) is 24.8 Å². The van der Waals surface area contributed by atoms with Gasteiger partial charge in [0.25, 0.3) is 0 Å². The third-order valence-electron chi connectivity index (χ3n) is 4.00. The molecule has 5 heteroatoms. The van der Waals surface area contributed by atoms with Crippen molar-refractivity contribution in [1.29, 1.82) is 0 Å². The van der Waals surface area contributed by atoms with E-state index in [2.05, 4.69) is 10.1 Å². The molecule has 1 heterocycles. The van der Waals surface area contributed by atoms with Crippen molar-refractivity contribution < 1.29 is 9.26 Å². The van der Waals surface area contributed by atoms with Crippen LogP contribution in [0.2, 0.25) is 0 Å². The maximum atomic E-state index is 6.17. The monoisotopic (exact) mass is 289 g/mol. The van der Waals surface area contributed by atoms with E-state index >= 15 is 0 Å². The lowest BCUT2D eigenvalue weighted by Gasteiger charge is -2.25. The molecule has 0 aliphatic heterocycles. The lowest BCUT2D eigenvalue weighted by Crippen LogP contribution is -2.28. The average Bonchev–Trinajstić information content (AvgIpc) is 3.01. The molecule has 0 amide bonds. The van der Waals surface area contributed by atoms with Gasteiger partial charge in [0.05, 0.1) is 6.04 Å². The fourth-order valence-electron chi connectivity index (χ4n) is 2.47. The smallest absolute Gasteiger partial charge is 0.244 e. The Balaban J connectivity index is 2.15. The fourth-order valence-corrected chi connectivity index (χ4v) is 2.47. The van der Waals surface area contributed by atoms with E-state index in [0.29, 0.717) is 18.1 Å². The van der Waals surface area contributed by atoms with Gasteiger partial charge in [0.2, 0.25) is 11.7 Å². The van der Waals surface area contributed by atoms with Crippen LogP contribution in [-0.2, 0) is 16.8 Å². The molecular weight excluding hydrogens is 266 g/mol. The molecule has 0 aliphatic carbocycles. The highest BCUT2D eigenvalue weighted by Gasteiger charge is 2.34. The van der Waals surface area contributed by atoms with Gasteiger partial charge in [0.1, 0.15) is 5.60 Å². The fraction of sp³-hybridized carbons (Fsp3) is 0.500. The predicted octanol–water partition coefficient (Wildman–Crippen LogP) is 2.97. The van der Waals surface area contributed by atoms with Crippen LogP contribution in [0.5, 0.6) is 0 Å². The van der Waals surface area contributed by atoms with Crippen LogP contribution >= 0.6 is 0 Å². The molecule has 0 bridgehead atoms. The zero-order valence-electron chi connectivity index (χ0n) is 12.9. The Kier molecular flexibility index (Phi) is 5.09. The molecule has 2 rings (SSSR count). The maximum absolute atomic E-state index is 6.17. The number of benzene rings is 1. The SMILES string of the molecule is CCC(CC)(OC)c1noc([C@H](N)Cc2ccccc2)n1. The maximum Gasteiger partial charge on any atom is 0.244 e. The Hall–Kier alpha value is -1.72. The zero-order chi connectivity index (χ0) is 15.3. The van der Waals surface area contributed by atoms with E-state index in [1.165, 1.54) is 0 Å². The number of nitrogens with zero attached hydrogens (tertiary/aromatic N) is 2. The highest BCUT2D eigenvalue weighted by molar-refractivity contribution is 5.17. The van der Waals surface area contributed by atoms with Gasteiger partial charge in [0.15, 0.2) is 0 Å². The van der Waals surface area contributed by atoms with Gasteiger partial charge in [-0.2, -0.15) is 4.98 Å². The molecule has 0 unspecified atom stereocenters. The van der Waals surface area contributed by atoms with Gasteiger partial charge >= 0.3 is 0 Å². The van der Waals surface area contributed by atoms with Crippen molar-refractivity contribution in [1.82, 2.24) is 10.1 Å². The number of ether oxygens (including phenoxy) is 1. The summed E-state index contributed by atoms with van der Waals surface area (Å²) in [5.74, 6) is 1.03. The van der Waals surface area contributed by atoms with Gasteiger partial charge in [-0.1, -0.05) is 49.3 Å². The van der Waals surface area contributed by atoms with Gasteiger partial charge in [0, 0.05) is 7.11 Å². The van der Waals surface area contributed by atoms with Gasteiger partial charge in [-0.25, -0.2) is 0 Å². The lowest BCUT2D eigenvalue weighted by atomic mass is 9.96. The van der Waals surface area contributed by atoms with Crippen molar-refractivity contribution in [2.45, 2.75) is 44.8 Å². The van der Waals surface area contributed by atoms with E-state index in [0.717, 1.165) is 18.4 Å². The van der Waals surface area contributed by atoms with Gasteiger partial charge in [-0.15, -0.1) is 0 Å². The van der Waals surface area contributed by atoms with Crippen LogP contribution < -0.4 is 5.73 Å². The second-order valence-corrected chi connectivity index (χ2v) is 5.16. The molecule has 0 spiro atoms. The number of hydrogen-bond acceptors (Lipinski definition) is 5. The number of nitrogens with two attached hydrogens (primary N) is 1. The summed E-state index contributed by atoms with van der Waals surface area (Å²) in [4.78, 5) is 4.46. The van der Waals surface area contributed by atoms with Crippen LogP contribution in [0.15, 0.2) is 34.9 Å². The van der Waals surface area contributed by atoms with Crippen LogP contribution in [0.1, 0.15) is 50.0 Å². The molecule has 0 fully saturated rings. The molecule has 0 aliphatic rings. The number of rotatable bonds is 7. The second-order valence-electron chi connectivity index (χ2n) is 5.16. The van der Waals surface area contributed by atoms with Crippen LogP contribution in [0, 0.1) is 0 Å². The van der Waals surface area contributed by atoms with Crippen LogP contribution in [0.25, 0.3) is 0 Å². The summed E-state index contributed by atoms with van der Waals surface area (Å²) in [7, 11) is 1.67. The molecule has 2 aromatic rings. The molecule has 114 valence electrons. The Bertz CT molecular complexity index is 541. The summed E-state index contributed by atoms with van der Waals surface area (Å²) in [5.41, 5.74) is 6.83. The normalized spacial score (nSPS) is 13.3. The predicted molar refractivity (Wildman–Crippen MR) is 80.6 cm³/mol. The van der Waals surface area contributed by atoms with Gasteiger partial charge < -0.3 is 15.0 Å². The molecular formula is C16H23N3O2. The standard InChI is InChI=1S/C16H23N3O2/c1-4-16(5-2,20-3)15-18-14(21-19-15)13(17)11-12-9-7-6-8-10-12/h6-10,13H,4-5,11,17H2,1-3H3/t13-/m1/s1. The first-order chi connectivity index (χ1) is 10.1. The van der Waals surface area contributed by atoms with Crippen LogP contribution in [0.4, 0.5) is 0 Å². The molecule has 0 radical (unpaired) electrons. The molecule has 1 aromatic carbocycles. The molecule has 21 heavy (non-hydrogen) atoms. The van der Waals surface area contributed by atoms with Crippen LogP contribution in [0.3, 0.4) is 0 Å². The van der Waals surface area contributed by atoms with Crippen molar-refractivity contribution in [3.05, 3.63) is 47.6 Å². The largest absolute Gasteiger partial charge is 0.370 e. The highest BCUT2D eigenvalue weighted by Crippen LogP contribution is 2.30. The minimum Gasteiger partial charge on any atom is -0.370 e. The summed E-state index contributed by atoms with van der Waals surface area (Å²) in [5, 5.41) is 4.07. The molecule has 2 N–H and O–H groups in total. The lowest BCUT2D eigenvalue weighted by molar-refractivity contribution is -0.0306. The summed E-state index contributed by atoms with van der Waals surface area (Å²) >= 11 is 0. The van der Waals surface area contributed by atoms with Crippen molar-refractivity contribution >= 4 is 0 Å². The summed E-state index contributed by atoms with van der Waals surface area (Å²) in [6, 6.07) is 9.73. The van der Waals surface area contributed by atoms with E-state index < -0.39 is 5.60 Å². The van der Waals surface area contributed by atoms with E-state index in [1.807, 2.05) is 44.2 Å². The first-order valence-corrected chi connectivity index (χ1v) is 7.34. The third-order valence-corrected chi connectivity index (χ3v) is 4.00. The Labute approximate surface area is 125 Å². The Morgan fingerprint density at radius 3 is 2.48 bits per heavy atom. The highest BCUT2D eigenvalue weighted by atomic mass is 16.5. The van der Waals surface area contributed by atoms with Crippen LogP contribution in [-0.4, -0.2) is 17.3 Å².